The van der Waals surface area contributed by atoms with Gasteiger partial charge in [0.25, 0.3) is 5.91 Å². The Hall–Kier alpha value is -2.50. The Kier molecular flexibility index (Phi) is 6.24. The second kappa shape index (κ2) is 8.80. The number of carbonyl (C=O) groups excluding carboxylic acids is 2. The number of amides is 2. The molecule has 1 N–H and O–H groups in total. The molecule has 2 aromatic rings. The molecule has 0 saturated heterocycles. The molecule has 5 nitrogen and oxygen atoms in total. The molecule has 32 heavy (non-hydrogen) atoms. The maximum Gasteiger partial charge on any atom is 0.254 e. The lowest BCUT2D eigenvalue weighted by molar-refractivity contribution is -0.133. The maximum absolute atomic E-state index is 13.5. The van der Waals surface area contributed by atoms with Gasteiger partial charge in [-0.2, -0.15) is 0 Å². The van der Waals surface area contributed by atoms with Gasteiger partial charge in [0.1, 0.15) is 0 Å². The van der Waals surface area contributed by atoms with Gasteiger partial charge in [0, 0.05) is 32.3 Å². The van der Waals surface area contributed by atoms with Gasteiger partial charge in [-0.05, 0) is 43.5 Å². The summed E-state index contributed by atoms with van der Waals surface area (Å²) < 4.78 is 0. The first-order valence-electron chi connectivity index (χ1n) is 10.8. The molecule has 0 aromatic heterocycles. The number of rotatable bonds is 4. The van der Waals surface area contributed by atoms with E-state index in [1.807, 2.05) is 55.1 Å². The van der Waals surface area contributed by atoms with E-state index in [0.29, 0.717) is 41.5 Å². The van der Waals surface area contributed by atoms with Crippen molar-refractivity contribution in [2.75, 3.05) is 20.1 Å². The van der Waals surface area contributed by atoms with Gasteiger partial charge >= 0.3 is 0 Å². The van der Waals surface area contributed by atoms with Crippen LogP contribution in [-0.2, 0) is 16.0 Å². The van der Waals surface area contributed by atoms with Crippen molar-refractivity contribution in [3.8, 4) is 0 Å². The fraction of sp³-hybridized carbons (Fsp3) is 0.360. The van der Waals surface area contributed by atoms with Crippen LogP contribution in [0.25, 0.3) is 0 Å². The summed E-state index contributed by atoms with van der Waals surface area (Å²) in [5, 5.41) is 4.28. The Morgan fingerprint density at radius 2 is 1.84 bits per heavy atom. The number of carbonyl (C=O) groups is 2. The van der Waals surface area contributed by atoms with Crippen LogP contribution in [0.15, 0.2) is 59.8 Å². The zero-order valence-corrected chi connectivity index (χ0v) is 20.0. The van der Waals surface area contributed by atoms with Crippen LogP contribution in [0.1, 0.15) is 37.4 Å². The van der Waals surface area contributed by atoms with Gasteiger partial charge in [-0.3, -0.25) is 9.59 Å². The molecule has 1 unspecified atom stereocenters. The molecule has 168 valence electrons. The maximum atomic E-state index is 13.5. The second-order valence-electron chi connectivity index (χ2n) is 8.79. The number of benzene rings is 2. The van der Waals surface area contributed by atoms with Crippen LogP contribution < -0.4 is 5.32 Å². The Bertz CT molecular complexity index is 1080. The smallest absolute Gasteiger partial charge is 0.254 e. The molecule has 2 aromatic carbocycles. The van der Waals surface area contributed by atoms with Gasteiger partial charge in [0.2, 0.25) is 5.91 Å². The van der Waals surface area contributed by atoms with Gasteiger partial charge in [0.15, 0.2) is 0 Å². The summed E-state index contributed by atoms with van der Waals surface area (Å²) in [6.07, 6.45) is 1.00. The number of nitrogens with zero attached hydrogens (tertiary/aromatic N) is 2. The highest BCUT2D eigenvalue weighted by atomic mass is 35.5. The predicted octanol–water partition coefficient (Wildman–Crippen LogP) is 4.60. The van der Waals surface area contributed by atoms with E-state index >= 15 is 0 Å². The first-order chi connectivity index (χ1) is 15.2. The summed E-state index contributed by atoms with van der Waals surface area (Å²) in [6, 6.07) is 14.8. The molecule has 0 bridgehead atoms. The van der Waals surface area contributed by atoms with Crippen LogP contribution in [0.4, 0.5) is 0 Å². The highest BCUT2D eigenvalue weighted by molar-refractivity contribution is 6.42. The molecule has 2 amide bonds. The summed E-state index contributed by atoms with van der Waals surface area (Å²) in [5.41, 5.74) is 2.85. The summed E-state index contributed by atoms with van der Waals surface area (Å²) in [4.78, 5) is 30.5. The first kappa shape index (κ1) is 22.7. The van der Waals surface area contributed by atoms with Crippen LogP contribution in [0.3, 0.4) is 0 Å². The summed E-state index contributed by atoms with van der Waals surface area (Å²) in [5.74, 6) is -0.0861. The van der Waals surface area contributed by atoms with Crippen LogP contribution in [0.5, 0.6) is 0 Å². The molecule has 0 saturated carbocycles. The number of hydrogen-bond donors (Lipinski definition) is 1. The topological polar surface area (TPSA) is 52.7 Å². The Morgan fingerprint density at radius 1 is 1.12 bits per heavy atom. The fourth-order valence-electron chi connectivity index (χ4n) is 4.53. The lowest BCUT2D eigenvalue weighted by Gasteiger charge is -2.33. The molecule has 0 spiro atoms. The van der Waals surface area contributed by atoms with Gasteiger partial charge in [-0.1, -0.05) is 59.6 Å². The minimum Gasteiger partial charge on any atom is -0.384 e. The number of likely N-dealkylation sites (N-methyl/N-ethyl adjacent to an activating group) is 1. The minimum absolute atomic E-state index is 0.000588. The van der Waals surface area contributed by atoms with Crippen molar-refractivity contribution >= 4 is 35.0 Å². The highest BCUT2D eigenvalue weighted by Gasteiger charge is 2.49. The monoisotopic (exact) mass is 471 g/mol. The second-order valence-corrected chi connectivity index (χ2v) is 9.60. The third-order valence-corrected chi connectivity index (χ3v) is 7.28. The van der Waals surface area contributed by atoms with Crippen LogP contribution >= 0.6 is 23.2 Å². The summed E-state index contributed by atoms with van der Waals surface area (Å²) >= 11 is 12.5. The largest absolute Gasteiger partial charge is 0.384 e. The van der Waals surface area contributed by atoms with Crippen molar-refractivity contribution in [1.82, 2.24) is 15.1 Å². The normalized spacial score (nSPS) is 20.2. The first-order valence-corrected chi connectivity index (χ1v) is 11.5. The van der Waals surface area contributed by atoms with Crippen molar-refractivity contribution in [2.24, 2.45) is 0 Å². The van der Waals surface area contributed by atoms with Crippen molar-refractivity contribution < 1.29 is 9.59 Å². The van der Waals surface area contributed by atoms with E-state index in [0.717, 1.165) is 16.8 Å². The summed E-state index contributed by atoms with van der Waals surface area (Å²) in [6.45, 7) is 5.08. The van der Waals surface area contributed by atoms with E-state index in [2.05, 4.69) is 5.32 Å². The van der Waals surface area contributed by atoms with E-state index in [9.17, 15) is 9.59 Å². The molecule has 7 heteroatoms. The van der Waals surface area contributed by atoms with Crippen LogP contribution in [-0.4, -0.2) is 47.3 Å². The molecule has 1 atom stereocenters. The van der Waals surface area contributed by atoms with E-state index in [4.69, 9.17) is 23.2 Å². The predicted molar refractivity (Wildman–Crippen MR) is 128 cm³/mol. The Balaban J connectivity index is 1.75. The number of hydrogen-bond acceptors (Lipinski definition) is 3. The van der Waals surface area contributed by atoms with Crippen molar-refractivity contribution in [3.63, 3.8) is 0 Å². The molecule has 0 fully saturated rings. The average molecular weight is 472 g/mol. The van der Waals surface area contributed by atoms with Crippen LogP contribution in [0.2, 0.25) is 10.0 Å². The SMILES string of the molecule is CN1C(=O)C2=C(NCCN(C(=O)CCc3ccccc3)C2c2ccc(Cl)c(Cl)c2)C1(C)C. The Morgan fingerprint density at radius 3 is 2.53 bits per heavy atom. The molecule has 2 aliphatic heterocycles. The third-order valence-electron chi connectivity index (χ3n) is 6.54. The number of nitrogens with one attached hydrogen (secondary N) is 1. The highest BCUT2D eigenvalue weighted by Crippen LogP contribution is 2.43. The van der Waals surface area contributed by atoms with Crippen molar-refractivity contribution in [1.29, 1.82) is 0 Å². The van der Waals surface area contributed by atoms with Gasteiger partial charge in [-0.15, -0.1) is 0 Å². The molecule has 0 radical (unpaired) electrons. The average Bonchev–Trinajstić information content (AvgIpc) is 2.93. The lowest BCUT2D eigenvalue weighted by Crippen LogP contribution is -2.46. The van der Waals surface area contributed by atoms with Gasteiger partial charge < -0.3 is 15.1 Å². The van der Waals surface area contributed by atoms with Crippen molar-refractivity contribution in [3.05, 3.63) is 81.0 Å². The molecule has 4 rings (SSSR count). The zero-order chi connectivity index (χ0) is 23.0. The van der Waals surface area contributed by atoms with E-state index < -0.39 is 11.6 Å². The molecule has 0 aliphatic carbocycles. The Labute approximate surface area is 199 Å². The van der Waals surface area contributed by atoms with E-state index in [1.165, 1.54) is 0 Å². The minimum atomic E-state index is -0.533. The lowest BCUT2D eigenvalue weighted by atomic mass is 9.92. The van der Waals surface area contributed by atoms with Gasteiger partial charge in [-0.25, -0.2) is 0 Å². The van der Waals surface area contributed by atoms with Crippen molar-refractivity contribution in [2.45, 2.75) is 38.3 Å². The van der Waals surface area contributed by atoms with E-state index in [1.54, 1.807) is 24.1 Å². The standard InChI is InChI=1S/C25H27Cl2N3O2/c1-25(2)23-21(24(32)29(25)3)22(17-10-11-18(26)19(27)15-17)30(14-13-28-23)20(31)12-9-16-7-5-4-6-8-16/h4-8,10-11,15,22,28H,9,12-14H2,1-3H3. The molecular weight excluding hydrogens is 445 g/mol. The number of aryl methyl sites for hydroxylation is 1. The van der Waals surface area contributed by atoms with E-state index in [-0.39, 0.29) is 11.8 Å². The quantitative estimate of drug-likeness (QED) is 0.708. The molecule has 2 aliphatic rings. The van der Waals surface area contributed by atoms with Crippen LogP contribution in [0, 0.1) is 0 Å². The number of halogens is 2. The van der Waals surface area contributed by atoms with Gasteiger partial charge in [0.05, 0.1) is 27.2 Å². The summed E-state index contributed by atoms with van der Waals surface area (Å²) in [7, 11) is 1.80. The zero-order valence-electron chi connectivity index (χ0n) is 18.5. The molecular formula is C25H27Cl2N3O2. The molecule has 2 heterocycles. The third kappa shape index (κ3) is 4.00. The fourth-order valence-corrected chi connectivity index (χ4v) is 4.83.